The average Bonchev–Trinajstić information content (AvgIpc) is 2.82. The number of nitrogens with zero attached hydrogens (tertiary/aromatic N) is 3. The van der Waals surface area contributed by atoms with Crippen molar-refractivity contribution in [2.75, 3.05) is 37.9 Å². The molecule has 1 saturated heterocycles. The number of benzene rings is 2. The van der Waals surface area contributed by atoms with Gasteiger partial charge in [-0.05, 0) is 44.2 Å². The summed E-state index contributed by atoms with van der Waals surface area (Å²) in [7, 11) is 3.57. The number of anilines is 3. The maximum atomic E-state index is 13.6. The number of likely N-dealkylation sites (tertiary alicyclic amines) is 1. The smallest absolute Gasteiger partial charge is 0.248 e. The highest BCUT2D eigenvalue weighted by Crippen LogP contribution is 2.36. The van der Waals surface area contributed by atoms with Crippen LogP contribution in [0.2, 0.25) is 5.02 Å². The quantitative estimate of drug-likeness (QED) is 0.486. The predicted molar refractivity (Wildman–Crippen MR) is 131 cm³/mol. The number of carbonyl (C=O) groups excluding carboxylic acids is 1. The SMILES string of the molecule is COc1cc2ncc(C#N)c(Nc3ccc(F)c(Cl)c3)c2cc1NC(=O)C=C1CCN(C)CC1. The number of hydrogen-bond acceptors (Lipinski definition) is 6. The lowest BCUT2D eigenvalue weighted by Gasteiger charge is -2.23. The van der Waals surface area contributed by atoms with Crippen molar-refractivity contribution in [2.24, 2.45) is 0 Å². The fourth-order valence-electron chi connectivity index (χ4n) is 3.83. The van der Waals surface area contributed by atoms with Crippen molar-refractivity contribution in [3.8, 4) is 11.8 Å². The summed E-state index contributed by atoms with van der Waals surface area (Å²) in [5.41, 5.74) is 3.34. The zero-order chi connectivity index (χ0) is 24.2. The number of halogens is 2. The average molecular weight is 480 g/mol. The number of pyridine rings is 1. The van der Waals surface area contributed by atoms with Crippen molar-refractivity contribution in [1.29, 1.82) is 5.26 Å². The molecule has 2 heterocycles. The van der Waals surface area contributed by atoms with Gasteiger partial charge in [-0.15, -0.1) is 0 Å². The van der Waals surface area contributed by atoms with Crippen molar-refractivity contribution < 1.29 is 13.9 Å². The monoisotopic (exact) mass is 479 g/mol. The molecule has 4 rings (SSSR count). The van der Waals surface area contributed by atoms with E-state index in [1.54, 1.807) is 18.2 Å². The minimum Gasteiger partial charge on any atom is -0.494 e. The van der Waals surface area contributed by atoms with Gasteiger partial charge in [0.05, 0.1) is 34.6 Å². The van der Waals surface area contributed by atoms with Crippen molar-refractivity contribution >= 4 is 45.5 Å². The zero-order valence-corrected chi connectivity index (χ0v) is 19.5. The standard InChI is InChI=1S/C25H23ClFN5O2/c1-32-7-5-15(6-8-32)9-24(33)31-22-11-18-21(12-23(22)34-2)29-14-16(13-28)25(18)30-17-3-4-20(27)19(26)10-17/h3-4,9-12,14H,5-8H2,1-2H3,(H,29,30)(H,31,33). The summed E-state index contributed by atoms with van der Waals surface area (Å²) in [6, 6.07) is 9.72. The van der Waals surface area contributed by atoms with Crippen molar-refractivity contribution in [2.45, 2.75) is 12.8 Å². The lowest BCUT2D eigenvalue weighted by molar-refractivity contribution is -0.112. The highest BCUT2D eigenvalue weighted by atomic mass is 35.5. The summed E-state index contributed by atoms with van der Waals surface area (Å²) in [5, 5.41) is 16.2. The summed E-state index contributed by atoms with van der Waals surface area (Å²) in [6.45, 7) is 1.84. The molecule has 0 saturated carbocycles. The molecule has 3 aromatic rings. The number of hydrogen-bond donors (Lipinski definition) is 2. The van der Waals surface area contributed by atoms with E-state index in [1.165, 1.54) is 31.5 Å². The van der Waals surface area contributed by atoms with Crippen LogP contribution >= 0.6 is 11.6 Å². The van der Waals surface area contributed by atoms with Crippen LogP contribution in [0.15, 0.2) is 48.2 Å². The number of piperidine rings is 1. The summed E-state index contributed by atoms with van der Waals surface area (Å²) >= 11 is 5.92. The highest BCUT2D eigenvalue weighted by molar-refractivity contribution is 6.31. The maximum absolute atomic E-state index is 13.6. The van der Waals surface area contributed by atoms with Gasteiger partial charge in [-0.25, -0.2) is 4.39 Å². The van der Waals surface area contributed by atoms with Gasteiger partial charge in [0.2, 0.25) is 5.91 Å². The number of methoxy groups -OCH3 is 1. The van der Waals surface area contributed by atoms with Crippen LogP contribution in [0.4, 0.5) is 21.5 Å². The van der Waals surface area contributed by atoms with E-state index in [-0.39, 0.29) is 16.5 Å². The summed E-state index contributed by atoms with van der Waals surface area (Å²) in [4.78, 5) is 19.3. The first-order valence-electron chi connectivity index (χ1n) is 10.7. The van der Waals surface area contributed by atoms with Crippen molar-refractivity contribution in [3.63, 3.8) is 0 Å². The van der Waals surface area contributed by atoms with E-state index in [4.69, 9.17) is 16.3 Å². The Kier molecular flexibility index (Phi) is 6.96. The molecule has 2 N–H and O–H groups in total. The van der Waals surface area contributed by atoms with E-state index in [2.05, 4.69) is 33.6 Å². The number of amides is 1. The second kappa shape index (κ2) is 10.1. The molecule has 1 aromatic heterocycles. The second-order valence-electron chi connectivity index (χ2n) is 8.08. The minimum atomic E-state index is -0.541. The lowest BCUT2D eigenvalue weighted by Crippen LogP contribution is -2.27. The number of nitrogens with one attached hydrogen (secondary N) is 2. The molecular weight excluding hydrogens is 457 g/mol. The van der Waals surface area contributed by atoms with Crippen LogP contribution in [0.5, 0.6) is 5.75 Å². The normalized spacial score (nSPS) is 13.9. The van der Waals surface area contributed by atoms with Gasteiger partial charge in [0.1, 0.15) is 17.6 Å². The third-order valence-electron chi connectivity index (χ3n) is 5.72. The van der Waals surface area contributed by atoms with Gasteiger partial charge in [0.15, 0.2) is 0 Å². The molecule has 0 atom stereocenters. The van der Waals surface area contributed by atoms with E-state index in [1.807, 2.05) is 0 Å². The largest absolute Gasteiger partial charge is 0.494 e. The third kappa shape index (κ3) is 5.11. The molecule has 1 aliphatic heterocycles. The molecule has 0 bridgehead atoms. The molecule has 174 valence electrons. The van der Waals surface area contributed by atoms with E-state index in [0.29, 0.717) is 33.7 Å². The topological polar surface area (TPSA) is 90.3 Å². The number of ether oxygens (including phenoxy) is 1. The molecule has 1 fully saturated rings. The fourth-order valence-corrected chi connectivity index (χ4v) is 4.01. The Morgan fingerprint density at radius 2 is 2.06 bits per heavy atom. The zero-order valence-electron chi connectivity index (χ0n) is 18.8. The molecule has 34 heavy (non-hydrogen) atoms. The highest BCUT2D eigenvalue weighted by Gasteiger charge is 2.16. The molecule has 2 aromatic carbocycles. The Balaban J connectivity index is 1.72. The molecule has 7 nitrogen and oxygen atoms in total. The Bertz CT molecular complexity index is 1330. The number of fused-ring (bicyclic) bond motifs is 1. The summed E-state index contributed by atoms with van der Waals surface area (Å²) < 4.78 is 19.1. The molecular formula is C25H23ClFN5O2. The van der Waals surface area contributed by atoms with Gasteiger partial charge in [-0.3, -0.25) is 9.78 Å². The van der Waals surface area contributed by atoms with Gasteiger partial charge in [-0.2, -0.15) is 5.26 Å². The minimum absolute atomic E-state index is 0.0431. The first-order valence-corrected chi connectivity index (χ1v) is 11.1. The van der Waals surface area contributed by atoms with Crippen LogP contribution in [-0.2, 0) is 4.79 Å². The first kappa shape index (κ1) is 23.5. The molecule has 1 aliphatic rings. The van der Waals surface area contributed by atoms with E-state index in [9.17, 15) is 14.4 Å². The first-order chi connectivity index (χ1) is 16.4. The van der Waals surface area contributed by atoms with Crippen LogP contribution in [0.1, 0.15) is 18.4 Å². The van der Waals surface area contributed by atoms with Crippen LogP contribution in [-0.4, -0.2) is 43.0 Å². The Morgan fingerprint density at radius 3 is 2.74 bits per heavy atom. The van der Waals surface area contributed by atoms with Crippen molar-refractivity contribution in [1.82, 2.24) is 9.88 Å². The van der Waals surface area contributed by atoms with Crippen LogP contribution in [0, 0.1) is 17.1 Å². The van der Waals surface area contributed by atoms with E-state index in [0.717, 1.165) is 31.5 Å². The summed E-state index contributed by atoms with van der Waals surface area (Å²) in [5.74, 6) is -0.349. The number of nitriles is 1. The van der Waals surface area contributed by atoms with Gasteiger partial charge in [0.25, 0.3) is 0 Å². The van der Waals surface area contributed by atoms with Crippen LogP contribution in [0.3, 0.4) is 0 Å². The third-order valence-corrected chi connectivity index (χ3v) is 6.01. The Hall–Kier alpha value is -3.67. The van der Waals surface area contributed by atoms with Gasteiger partial charge in [0, 0.05) is 42.5 Å². The van der Waals surface area contributed by atoms with Gasteiger partial charge >= 0.3 is 0 Å². The molecule has 0 aliphatic carbocycles. The number of rotatable bonds is 5. The van der Waals surface area contributed by atoms with Gasteiger partial charge < -0.3 is 20.3 Å². The lowest BCUT2D eigenvalue weighted by atomic mass is 10.0. The fraction of sp³-hybridized carbons (Fsp3) is 0.240. The molecule has 9 heteroatoms. The molecule has 1 amide bonds. The predicted octanol–water partition coefficient (Wildman–Crippen LogP) is 5.24. The maximum Gasteiger partial charge on any atom is 0.248 e. The summed E-state index contributed by atoms with van der Waals surface area (Å²) in [6.07, 6.45) is 4.78. The van der Waals surface area contributed by atoms with E-state index >= 15 is 0 Å². The molecule has 0 spiro atoms. The van der Waals surface area contributed by atoms with Gasteiger partial charge in [-0.1, -0.05) is 17.2 Å². The Morgan fingerprint density at radius 1 is 1.29 bits per heavy atom. The van der Waals surface area contributed by atoms with Crippen molar-refractivity contribution in [3.05, 3.63) is 64.6 Å². The second-order valence-corrected chi connectivity index (χ2v) is 8.48. The number of aromatic nitrogens is 1. The van der Waals surface area contributed by atoms with E-state index < -0.39 is 5.82 Å². The van der Waals surface area contributed by atoms with Crippen LogP contribution < -0.4 is 15.4 Å². The molecule has 0 unspecified atom stereocenters. The van der Waals surface area contributed by atoms with Crippen LogP contribution in [0.25, 0.3) is 10.9 Å². The Labute approximate surface area is 201 Å². The number of carbonyl (C=O) groups is 1. The molecule has 0 radical (unpaired) electrons.